The predicted octanol–water partition coefficient (Wildman–Crippen LogP) is 17.9. The Kier molecular flexibility index (Phi) is 8.75. The molecule has 0 aliphatic heterocycles. The zero-order valence-electron chi connectivity index (χ0n) is 35.4. The Bertz CT molecular complexity index is 3940. The smallest absolute Gasteiger partial charge is 0.0640 e. The van der Waals surface area contributed by atoms with Crippen molar-refractivity contribution in [1.29, 1.82) is 0 Å². The van der Waals surface area contributed by atoms with Crippen LogP contribution in [0.1, 0.15) is 0 Å². The Morgan fingerprint density at radius 3 is 1.60 bits per heavy atom. The van der Waals surface area contributed by atoms with Crippen molar-refractivity contribution in [2.75, 3.05) is 4.90 Å². The van der Waals surface area contributed by atoms with Gasteiger partial charge in [0.25, 0.3) is 0 Å². The predicted molar refractivity (Wildman–Crippen MR) is 280 cm³/mol. The van der Waals surface area contributed by atoms with Gasteiger partial charge in [-0.15, -0.1) is 11.3 Å². The van der Waals surface area contributed by atoms with Gasteiger partial charge in [0.15, 0.2) is 0 Å². The number of aromatic nitrogens is 1. The van der Waals surface area contributed by atoms with Crippen LogP contribution in [0, 0.1) is 0 Å². The number of fused-ring (bicyclic) bond motifs is 10. The number of benzene rings is 11. The summed E-state index contributed by atoms with van der Waals surface area (Å²) in [4.78, 5) is 2.49. The number of rotatable bonds is 7. The van der Waals surface area contributed by atoms with E-state index in [1.54, 1.807) is 0 Å². The molecular weight excluding hydrogens is 805 g/mol. The van der Waals surface area contributed by atoms with Crippen LogP contribution < -0.4 is 4.90 Å². The van der Waals surface area contributed by atoms with Gasteiger partial charge in [0.05, 0.1) is 21.4 Å². The highest BCUT2D eigenvalue weighted by atomic mass is 32.1. The van der Waals surface area contributed by atoms with Gasteiger partial charge in [-0.3, -0.25) is 0 Å². The Morgan fingerprint density at radius 1 is 0.308 bits per heavy atom. The molecule has 13 rings (SSSR count). The fourth-order valence-electron chi connectivity index (χ4n) is 10.1. The van der Waals surface area contributed by atoms with Gasteiger partial charge in [-0.05, 0) is 92.0 Å². The molecule has 0 aliphatic rings. The van der Waals surface area contributed by atoms with E-state index in [-0.39, 0.29) is 0 Å². The van der Waals surface area contributed by atoms with Crippen molar-refractivity contribution in [3.05, 3.63) is 243 Å². The van der Waals surface area contributed by atoms with Gasteiger partial charge in [-0.25, -0.2) is 0 Å². The molecular formula is C62H40N2S. The van der Waals surface area contributed by atoms with Gasteiger partial charge >= 0.3 is 0 Å². The van der Waals surface area contributed by atoms with Crippen LogP contribution in [0.3, 0.4) is 0 Å². The third-order valence-corrected chi connectivity index (χ3v) is 14.4. The molecule has 0 N–H and O–H groups in total. The molecule has 0 fully saturated rings. The highest BCUT2D eigenvalue weighted by molar-refractivity contribution is 7.27. The molecule has 0 bridgehead atoms. The lowest BCUT2D eigenvalue weighted by Crippen LogP contribution is -2.10. The summed E-state index contributed by atoms with van der Waals surface area (Å²) >= 11 is 1.90. The van der Waals surface area contributed by atoms with Crippen LogP contribution in [0.4, 0.5) is 17.1 Å². The Balaban J connectivity index is 1.06. The molecule has 0 amide bonds. The fourth-order valence-corrected chi connectivity index (χ4v) is 11.4. The molecule has 0 saturated heterocycles. The SMILES string of the molecule is c1ccc(-c2ccc(-c3cccc(N(c4ccc5c6ccc7ccccc7c6n(-c6cccc(-c7ccccc7)c6)c5c4)c4cccc5c4sc4c6ccccc6ccc54)c3)cc2)cc1. The van der Waals surface area contributed by atoms with E-state index in [0.717, 1.165) is 28.3 Å². The molecule has 0 atom stereocenters. The van der Waals surface area contributed by atoms with E-state index in [2.05, 4.69) is 252 Å². The van der Waals surface area contributed by atoms with Crippen LogP contribution in [0.5, 0.6) is 0 Å². The molecule has 2 aromatic heterocycles. The van der Waals surface area contributed by atoms with Crippen molar-refractivity contribution < 1.29 is 0 Å². The van der Waals surface area contributed by atoms with Crippen molar-refractivity contribution in [1.82, 2.24) is 4.57 Å². The fraction of sp³-hybridized carbons (Fsp3) is 0. The minimum absolute atomic E-state index is 1.09. The van der Waals surface area contributed by atoms with Gasteiger partial charge < -0.3 is 9.47 Å². The first-order valence-electron chi connectivity index (χ1n) is 22.2. The lowest BCUT2D eigenvalue weighted by atomic mass is 9.99. The molecule has 304 valence electrons. The van der Waals surface area contributed by atoms with E-state index in [9.17, 15) is 0 Å². The van der Waals surface area contributed by atoms with Crippen LogP contribution in [0.25, 0.3) is 103 Å². The summed E-state index contributed by atoms with van der Waals surface area (Å²) < 4.78 is 5.08. The first-order valence-corrected chi connectivity index (χ1v) is 23.1. The highest BCUT2D eigenvalue weighted by Gasteiger charge is 2.22. The molecule has 3 heteroatoms. The average Bonchev–Trinajstić information content (AvgIpc) is 3.94. The van der Waals surface area contributed by atoms with Crippen molar-refractivity contribution in [3.63, 3.8) is 0 Å². The molecule has 0 radical (unpaired) electrons. The zero-order valence-corrected chi connectivity index (χ0v) is 36.2. The zero-order chi connectivity index (χ0) is 42.8. The second kappa shape index (κ2) is 15.2. The lowest BCUT2D eigenvalue weighted by Gasteiger charge is -2.27. The third kappa shape index (κ3) is 6.24. The Labute approximate surface area is 381 Å². The van der Waals surface area contributed by atoms with E-state index < -0.39 is 0 Å². The van der Waals surface area contributed by atoms with E-state index in [1.165, 1.54) is 91.4 Å². The quantitative estimate of drug-likeness (QED) is 0.155. The summed E-state index contributed by atoms with van der Waals surface area (Å²) in [6, 6.07) is 89.0. The largest absolute Gasteiger partial charge is 0.309 e. The van der Waals surface area contributed by atoms with Gasteiger partial charge in [-0.2, -0.15) is 0 Å². The summed E-state index contributed by atoms with van der Waals surface area (Å²) in [5.74, 6) is 0. The summed E-state index contributed by atoms with van der Waals surface area (Å²) in [6.45, 7) is 0. The number of nitrogens with zero attached hydrogens (tertiary/aromatic N) is 2. The highest BCUT2D eigenvalue weighted by Crippen LogP contribution is 2.48. The topological polar surface area (TPSA) is 8.17 Å². The normalized spacial score (nSPS) is 11.7. The minimum atomic E-state index is 1.09. The standard InChI is InChI=1S/C62H40N2S/c1-3-14-41(15-4-1)43-28-30-44(31-29-43)48-21-11-22-49(38-48)63(58-27-13-26-56-57-36-33-46-19-8-10-25-53(46)61(57)65-62(56)58)51-34-37-54-55-35-32-45-18-7-9-24-52(45)60(55)64(59(54)40-51)50-23-12-20-47(39-50)42-16-5-2-6-17-42/h1-40H. The molecule has 2 heterocycles. The van der Waals surface area contributed by atoms with Crippen molar-refractivity contribution in [2.24, 2.45) is 0 Å². The van der Waals surface area contributed by atoms with Crippen LogP contribution in [0.15, 0.2) is 243 Å². The molecule has 13 aromatic rings. The van der Waals surface area contributed by atoms with Crippen LogP contribution in [0.2, 0.25) is 0 Å². The number of thiophene rings is 1. The van der Waals surface area contributed by atoms with Crippen LogP contribution in [-0.4, -0.2) is 4.57 Å². The molecule has 65 heavy (non-hydrogen) atoms. The summed E-state index contributed by atoms with van der Waals surface area (Å²) in [6.07, 6.45) is 0. The van der Waals surface area contributed by atoms with Gasteiger partial charge in [0.1, 0.15) is 0 Å². The average molecular weight is 845 g/mol. The molecule has 0 unspecified atom stereocenters. The van der Waals surface area contributed by atoms with Crippen molar-refractivity contribution in [3.8, 4) is 39.1 Å². The van der Waals surface area contributed by atoms with Gasteiger partial charge in [0, 0.05) is 48.7 Å². The van der Waals surface area contributed by atoms with Crippen molar-refractivity contribution in [2.45, 2.75) is 0 Å². The summed E-state index contributed by atoms with van der Waals surface area (Å²) in [7, 11) is 0. The van der Waals surface area contributed by atoms with E-state index >= 15 is 0 Å². The first kappa shape index (κ1) is 37.3. The minimum Gasteiger partial charge on any atom is -0.309 e. The lowest BCUT2D eigenvalue weighted by molar-refractivity contribution is 1.18. The Morgan fingerprint density at radius 2 is 0.831 bits per heavy atom. The maximum atomic E-state index is 2.50. The number of hydrogen-bond acceptors (Lipinski definition) is 2. The third-order valence-electron chi connectivity index (χ3n) is 13.1. The van der Waals surface area contributed by atoms with Crippen LogP contribution >= 0.6 is 11.3 Å². The number of hydrogen-bond donors (Lipinski definition) is 0. The second-order valence-corrected chi connectivity index (χ2v) is 17.9. The van der Waals surface area contributed by atoms with Gasteiger partial charge in [-0.1, -0.05) is 200 Å². The van der Waals surface area contributed by atoms with E-state index in [0.29, 0.717) is 0 Å². The van der Waals surface area contributed by atoms with E-state index in [1.807, 2.05) is 11.3 Å². The molecule has 0 aliphatic carbocycles. The molecule has 2 nitrogen and oxygen atoms in total. The maximum absolute atomic E-state index is 2.50. The first-order chi connectivity index (χ1) is 32.2. The van der Waals surface area contributed by atoms with Gasteiger partial charge in [0.2, 0.25) is 0 Å². The van der Waals surface area contributed by atoms with Crippen LogP contribution in [-0.2, 0) is 0 Å². The number of anilines is 3. The maximum Gasteiger partial charge on any atom is 0.0640 e. The second-order valence-electron chi connectivity index (χ2n) is 16.9. The molecule has 11 aromatic carbocycles. The molecule has 0 saturated carbocycles. The summed E-state index contributed by atoms with van der Waals surface area (Å²) in [5.41, 5.74) is 14.0. The molecule has 0 spiro atoms. The Hall–Kier alpha value is -8.24. The monoisotopic (exact) mass is 844 g/mol. The van der Waals surface area contributed by atoms with E-state index in [4.69, 9.17) is 0 Å². The van der Waals surface area contributed by atoms with Crippen molar-refractivity contribution >= 4 is 91.9 Å². The summed E-state index contributed by atoms with van der Waals surface area (Å²) in [5, 5.41) is 10.0.